The zero-order chi connectivity index (χ0) is 25.7. The van der Waals surface area contributed by atoms with Gasteiger partial charge >= 0.3 is 0 Å². The lowest BCUT2D eigenvalue weighted by Gasteiger charge is -2.09. The molecule has 3 aromatic heterocycles. The van der Waals surface area contributed by atoms with Gasteiger partial charge in [-0.3, -0.25) is 4.79 Å². The molecule has 0 saturated heterocycles. The van der Waals surface area contributed by atoms with Crippen LogP contribution in [0.2, 0.25) is 0 Å². The molecule has 0 unspecified atom stereocenters. The molecule has 180 valence electrons. The summed E-state index contributed by atoms with van der Waals surface area (Å²) in [7, 11) is 0. The van der Waals surface area contributed by atoms with Crippen LogP contribution in [0.5, 0.6) is 0 Å². The van der Waals surface area contributed by atoms with Gasteiger partial charge in [0.25, 0.3) is 5.91 Å². The van der Waals surface area contributed by atoms with Crippen LogP contribution in [-0.2, 0) is 6.54 Å². The molecule has 3 aromatic carbocycles. The molecule has 0 aliphatic heterocycles. The van der Waals surface area contributed by atoms with Gasteiger partial charge < -0.3 is 21.4 Å². The number of nitriles is 1. The number of carbonyl (C=O) groups is 1. The van der Waals surface area contributed by atoms with Gasteiger partial charge in [0, 0.05) is 45.0 Å². The highest BCUT2D eigenvalue weighted by Gasteiger charge is 2.24. The van der Waals surface area contributed by atoms with Gasteiger partial charge in [-0.25, -0.2) is 4.98 Å². The van der Waals surface area contributed by atoms with E-state index in [4.69, 9.17) is 11.5 Å². The molecule has 0 fully saturated rings. The zero-order valence-corrected chi connectivity index (χ0v) is 20.8. The van der Waals surface area contributed by atoms with E-state index in [-0.39, 0.29) is 23.0 Å². The second kappa shape index (κ2) is 8.66. The number of hydrogen-bond acceptors (Lipinski definition) is 6. The van der Waals surface area contributed by atoms with Gasteiger partial charge in [0.05, 0.1) is 5.69 Å². The third-order valence-electron chi connectivity index (χ3n) is 6.63. The van der Waals surface area contributed by atoms with E-state index in [9.17, 15) is 10.1 Å². The summed E-state index contributed by atoms with van der Waals surface area (Å²) in [5.74, 6) is -0.227. The fraction of sp³-hybridized carbons (Fsp3) is 0.0690. The minimum atomic E-state index is -0.338. The molecule has 5 N–H and O–H groups in total. The Morgan fingerprint density at radius 2 is 1.76 bits per heavy atom. The van der Waals surface area contributed by atoms with Crippen molar-refractivity contribution in [2.45, 2.75) is 13.5 Å². The number of aryl methyl sites for hydroxylation is 1. The largest absolute Gasteiger partial charge is 0.397 e. The van der Waals surface area contributed by atoms with Gasteiger partial charge in [-0.05, 0) is 36.8 Å². The fourth-order valence-electron chi connectivity index (χ4n) is 5.01. The Morgan fingerprint density at radius 1 is 1.03 bits per heavy atom. The van der Waals surface area contributed by atoms with Crippen molar-refractivity contribution in [2.75, 3.05) is 16.8 Å². The third-order valence-corrected chi connectivity index (χ3v) is 7.73. The summed E-state index contributed by atoms with van der Waals surface area (Å²) in [6.45, 7) is 2.96. The number of nitrogens with two attached hydrogens (primary N) is 2. The summed E-state index contributed by atoms with van der Waals surface area (Å²) in [5.41, 5.74) is 17.5. The first-order valence-corrected chi connectivity index (χ1v) is 12.6. The second-order valence-corrected chi connectivity index (χ2v) is 9.70. The van der Waals surface area contributed by atoms with Crippen molar-refractivity contribution in [1.82, 2.24) is 9.55 Å². The summed E-state index contributed by atoms with van der Waals surface area (Å²) >= 11 is 1.17. The second-order valence-electron chi connectivity index (χ2n) is 8.70. The molecule has 0 radical (unpaired) electrons. The van der Waals surface area contributed by atoms with Crippen molar-refractivity contribution in [3.8, 4) is 17.2 Å². The Morgan fingerprint density at radius 3 is 2.51 bits per heavy atom. The van der Waals surface area contributed by atoms with Gasteiger partial charge in [-0.15, -0.1) is 11.3 Å². The highest BCUT2D eigenvalue weighted by atomic mass is 32.1. The molecule has 6 aromatic rings. The van der Waals surface area contributed by atoms with E-state index < -0.39 is 0 Å². The number of nitrogen functional groups attached to an aromatic ring is 2. The number of nitrogens with zero attached hydrogens (tertiary/aromatic N) is 3. The van der Waals surface area contributed by atoms with Crippen LogP contribution in [0.25, 0.3) is 43.1 Å². The summed E-state index contributed by atoms with van der Waals surface area (Å²) in [6, 6.07) is 25.7. The van der Waals surface area contributed by atoms with E-state index in [1.54, 1.807) is 0 Å². The molecule has 0 aliphatic carbocycles. The van der Waals surface area contributed by atoms with E-state index in [1.807, 2.05) is 60.7 Å². The average Bonchev–Trinajstić information content (AvgIpc) is 3.42. The predicted octanol–water partition coefficient (Wildman–Crippen LogP) is 6.38. The number of pyridine rings is 1. The highest BCUT2D eigenvalue weighted by molar-refractivity contribution is 7.21. The Balaban J connectivity index is 1.46. The van der Waals surface area contributed by atoms with Gasteiger partial charge in [-0.1, -0.05) is 48.5 Å². The van der Waals surface area contributed by atoms with Gasteiger partial charge in [-0.2, -0.15) is 5.26 Å². The standard InChI is InChI=1S/C29H22N6OS/c1-2-35-21-11-7-6-10-18(21)19-14-17(12-13-22(19)35)33-28(36)26-25(31)24-23(16-8-4-3-5-9-16)20(15-30)27(32)34-29(24)37-26/h3-14H,2,31H2,1H3,(H2,32,34)(H,33,36). The van der Waals surface area contributed by atoms with E-state index in [0.717, 1.165) is 33.9 Å². The number of benzene rings is 3. The molecule has 3 heterocycles. The number of nitrogens with one attached hydrogen (secondary N) is 1. The smallest absolute Gasteiger partial charge is 0.267 e. The predicted molar refractivity (Wildman–Crippen MR) is 152 cm³/mol. The first-order chi connectivity index (χ1) is 18.0. The van der Waals surface area contributed by atoms with Crippen LogP contribution in [0, 0.1) is 11.3 Å². The van der Waals surface area contributed by atoms with Crippen LogP contribution < -0.4 is 16.8 Å². The molecule has 7 nitrogen and oxygen atoms in total. The molecule has 0 bridgehead atoms. The van der Waals surface area contributed by atoms with Crippen molar-refractivity contribution < 1.29 is 4.79 Å². The third kappa shape index (κ3) is 3.48. The van der Waals surface area contributed by atoms with Crippen molar-refractivity contribution >= 4 is 66.5 Å². The van der Waals surface area contributed by atoms with Crippen molar-refractivity contribution in [2.24, 2.45) is 0 Å². The van der Waals surface area contributed by atoms with Crippen LogP contribution in [0.4, 0.5) is 17.2 Å². The normalized spacial score (nSPS) is 11.2. The first kappa shape index (κ1) is 22.6. The van der Waals surface area contributed by atoms with Gasteiger partial charge in [0.15, 0.2) is 0 Å². The van der Waals surface area contributed by atoms with Gasteiger partial charge in [0.2, 0.25) is 0 Å². The SMILES string of the molecule is CCn1c2ccccc2c2cc(NC(=O)c3sc4nc(N)c(C#N)c(-c5ccccc5)c4c3N)ccc21. The maximum Gasteiger partial charge on any atom is 0.267 e. The van der Waals surface area contributed by atoms with Crippen LogP contribution >= 0.6 is 11.3 Å². The molecule has 0 saturated carbocycles. The Kier molecular flexibility index (Phi) is 5.29. The molecule has 1 amide bonds. The van der Waals surface area contributed by atoms with Crippen LogP contribution in [0.3, 0.4) is 0 Å². The fourth-order valence-corrected chi connectivity index (χ4v) is 6.01. The minimum Gasteiger partial charge on any atom is -0.397 e. The molecular weight excluding hydrogens is 480 g/mol. The number of carbonyl (C=O) groups excluding carboxylic acids is 1. The Bertz CT molecular complexity index is 1900. The number of rotatable bonds is 4. The van der Waals surface area contributed by atoms with Crippen molar-refractivity contribution in [3.05, 3.63) is 83.2 Å². The number of fused-ring (bicyclic) bond motifs is 4. The number of thiophene rings is 1. The lowest BCUT2D eigenvalue weighted by Crippen LogP contribution is -2.12. The number of hydrogen-bond donors (Lipinski definition) is 3. The Labute approximate surface area is 216 Å². The molecule has 0 aliphatic rings. The monoisotopic (exact) mass is 502 g/mol. The van der Waals surface area contributed by atoms with Crippen LogP contribution in [-0.4, -0.2) is 15.5 Å². The van der Waals surface area contributed by atoms with E-state index in [2.05, 4.69) is 40.0 Å². The van der Waals surface area contributed by atoms with E-state index in [0.29, 0.717) is 26.3 Å². The molecule has 6 rings (SSSR count). The quantitative estimate of drug-likeness (QED) is 0.258. The minimum absolute atomic E-state index is 0.111. The zero-order valence-electron chi connectivity index (χ0n) is 19.9. The maximum atomic E-state index is 13.4. The van der Waals surface area contributed by atoms with Gasteiger partial charge in [0.1, 0.15) is 27.2 Å². The van der Waals surface area contributed by atoms with E-state index in [1.165, 1.54) is 11.3 Å². The topological polar surface area (TPSA) is 123 Å². The maximum absolute atomic E-state index is 13.4. The molecular formula is C29H22N6OS. The summed E-state index contributed by atoms with van der Waals surface area (Å²) < 4.78 is 2.26. The average molecular weight is 503 g/mol. The first-order valence-electron chi connectivity index (χ1n) is 11.8. The Hall–Kier alpha value is -4.87. The number of para-hydroxylation sites is 1. The summed E-state index contributed by atoms with van der Waals surface area (Å²) in [6.07, 6.45) is 0. The number of aromatic nitrogens is 2. The lowest BCUT2D eigenvalue weighted by molar-refractivity contribution is 0.103. The molecule has 0 spiro atoms. The summed E-state index contributed by atoms with van der Waals surface area (Å²) in [4.78, 5) is 18.7. The molecule has 0 atom stereocenters. The van der Waals surface area contributed by atoms with Crippen LogP contribution in [0.15, 0.2) is 72.8 Å². The van der Waals surface area contributed by atoms with E-state index >= 15 is 0 Å². The highest BCUT2D eigenvalue weighted by Crippen LogP contribution is 2.43. The number of amides is 1. The van der Waals surface area contributed by atoms with Crippen molar-refractivity contribution in [1.29, 1.82) is 5.26 Å². The molecule has 37 heavy (non-hydrogen) atoms. The number of anilines is 3. The lowest BCUT2D eigenvalue weighted by atomic mass is 9.97. The van der Waals surface area contributed by atoms with Crippen LogP contribution in [0.1, 0.15) is 22.2 Å². The summed E-state index contributed by atoms with van der Waals surface area (Å²) in [5, 5.41) is 15.6. The molecule has 8 heteroatoms. The van der Waals surface area contributed by atoms with Crippen molar-refractivity contribution in [3.63, 3.8) is 0 Å².